The number of amides is 1. The van der Waals surface area contributed by atoms with Crippen molar-refractivity contribution in [1.82, 2.24) is 9.97 Å². The molecule has 0 saturated heterocycles. The average Bonchev–Trinajstić information content (AvgIpc) is 2.30. The van der Waals surface area contributed by atoms with Gasteiger partial charge >= 0.3 is 0 Å². The number of anilines is 2. The quantitative estimate of drug-likeness (QED) is 0.798. The molecule has 0 atom stereocenters. The van der Waals surface area contributed by atoms with Crippen LogP contribution in [0.25, 0.3) is 10.9 Å². The van der Waals surface area contributed by atoms with Crippen molar-refractivity contribution < 1.29 is 4.79 Å². The Kier molecular flexibility index (Phi) is 2.68. The highest BCUT2D eigenvalue weighted by molar-refractivity contribution is 5.95. The van der Waals surface area contributed by atoms with E-state index in [1.54, 1.807) is 25.1 Å². The van der Waals surface area contributed by atoms with Crippen LogP contribution in [0, 0.1) is 0 Å². The highest BCUT2D eigenvalue weighted by atomic mass is 16.1. The van der Waals surface area contributed by atoms with Gasteiger partial charge in [0.15, 0.2) is 0 Å². The fourth-order valence-corrected chi connectivity index (χ4v) is 1.40. The van der Waals surface area contributed by atoms with Crippen molar-refractivity contribution in [3.8, 4) is 0 Å². The van der Waals surface area contributed by atoms with Crippen molar-refractivity contribution in [2.75, 3.05) is 11.1 Å². The monoisotopic (exact) mass is 216 g/mol. The number of nitrogen functional groups attached to an aromatic ring is 1. The molecule has 0 bridgehead atoms. The number of nitrogens with one attached hydrogen (secondary N) is 1. The molecule has 0 aliphatic heterocycles. The van der Waals surface area contributed by atoms with Gasteiger partial charge in [-0.3, -0.25) is 4.79 Å². The first-order valence-electron chi connectivity index (χ1n) is 5.01. The molecule has 0 unspecified atom stereocenters. The van der Waals surface area contributed by atoms with Gasteiger partial charge in [0, 0.05) is 17.5 Å². The maximum Gasteiger partial charge on any atom is 0.224 e. The Bertz CT molecular complexity index is 538. The number of fused-ring (bicyclic) bond motifs is 1. The van der Waals surface area contributed by atoms with Crippen LogP contribution in [-0.2, 0) is 4.79 Å². The van der Waals surface area contributed by atoms with Gasteiger partial charge in [0.25, 0.3) is 0 Å². The maximum atomic E-state index is 11.2. The molecule has 2 aromatic rings. The third-order valence-electron chi connectivity index (χ3n) is 2.27. The van der Waals surface area contributed by atoms with Gasteiger partial charge in [-0.05, 0) is 18.2 Å². The van der Waals surface area contributed by atoms with Crippen LogP contribution in [0.4, 0.5) is 11.5 Å². The second-order valence-electron chi connectivity index (χ2n) is 3.39. The summed E-state index contributed by atoms with van der Waals surface area (Å²) in [4.78, 5) is 19.2. The topological polar surface area (TPSA) is 80.9 Å². The molecule has 0 saturated carbocycles. The maximum absolute atomic E-state index is 11.2. The number of hydrogen-bond donors (Lipinski definition) is 2. The highest BCUT2D eigenvalue weighted by Crippen LogP contribution is 2.20. The fourth-order valence-electron chi connectivity index (χ4n) is 1.40. The van der Waals surface area contributed by atoms with E-state index in [1.165, 1.54) is 6.33 Å². The largest absolute Gasteiger partial charge is 0.383 e. The predicted octanol–water partition coefficient (Wildman–Crippen LogP) is 1.56. The van der Waals surface area contributed by atoms with Crippen molar-refractivity contribution >= 4 is 28.3 Å². The Morgan fingerprint density at radius 3 is 3.00 bits per heavy atom. The van der Waals surface area contributed by atoms with Crippen LogP contribution in [0.5, 0.6) is 0 Å². The van der Waals surface area contributed by atoms with E-state index in [2.05, 4.69) is 15.3 Å². The Hall–Kier alpha value is -2.17. The van der Waals surface area contributed by atoms with E-state index in [0.717, 1.165) is 10.9 Å². The highest BCUT2D eigenvalue weighted by Gasteiger charge is 2.03. The molecule has 0 aliphatic carbocycles. The number of hydrogen-bond acceptors (Lipinski definition) is 4. The van der Waals surface area contributed by atoms with E-state index >= 15 is 0 Å². The van der Waals surface area contributed by atoms with Crippen LogP contribution >= 0.6 is 0 Å². The summed E-state index contributed by atoms with van der Waals surface area (Å²) in [6.45, 7) is 1.80. The Labute approximate surface area is 92.7 Å². The number of aromatic nitrogens is 2. The van der Waals surface area contributed by atoms with E-state index in [0.29, 0.717) is 17.9 Å². The van der Waals surface area contributed by atoms with Gasteiger partial charge in [-0.15, -0.1) is 0 Å². The lowest BCUT2D eigenvalue weighted by Crippen LogP contribution is -2.09. The van der Waals surface area contributed by atoms with Crippen LogP contribution in [-0.4, -0.2) is 15.9 Å². The molecule has 0 aliphatic rings. The summed E-state index contributed by atoms with van der Waals surface area (Å²) in [5.41, 5.74) is 7.20. The molecular weight excluding hydrogens is 204 g/mol. The zero-order chi connectivity index (χ0) is 11.5. The van der Waals surface area contributed by atoms with E-state index in [4.69, 9.17) is 5.73 Å². The molecule has 1 amide bonds. The number of nitrogens with two attached hydrogens (primary N) is 1. The first-order chi connectivity index (χ1) is 7.70. The summed E-state index contributed by atoms with van der Waals surface area (Å²) in [7, 11) is 0. The minimum absolute atomic E-state index is 0.0326. The molecule has 82 valence electrons. The van der Waals surface area contributed by atoms with Crippen LogP contribution in [0.2, 0.25) is 0 Å². The van der Waals surface area contributed by atoms with Crippen molar-refractivity contribution in [3.63, 3.8) is 0 Å². The number of nitrogens with zero attached hydrogens (tertiary/aromatic N) is 2. The van der Waals surface area contributed by atoms with Crippen molar-refractivity contribution in [2.24, 2.45) is 0 Å². The first-order valence-corrected chi connectivity index (χ1v) is 5.01. The Balaban J connectivity index is 2.43. The predicted molar refractivity (Wildman–Crippen MR) is 62.9 cm³/mol. The standard InChI is InChI=1S/C11H12N4O/c1-2-10(16)15-7-3-4-9-8(5-7)11(12)14-6-13-9/h3-6H,2H2,1H3,(H,15,16)(H2,12,13,14). The number of carbonyl (C=O) groups is 1. The molecular formula is C11H12N4O. The summed E-state index contributed by atoms with van der Waals surface area (Å²) in [5.74, 6) is 0.382. The van der Waals surface area contributed by atoms with Gasteiger partial charge in [0.2, 0.25) is 5.91 Å². The zero-order valence-corrected chi connectivity index (χ0v) is 8.90. The Morgan fingerprint density at radius 2 is 2.25 bits per heavy atom. The number of rotatable bonds is 2. The molecule has 1 aromatic heterocycles. The van der Waals surface area contributed by atoms with E-state index < -0.39 is 0 Å². The summed E-state index contributed by atoms with van der Waals surface area (Å²) in [5, 5.41) is 3.51. The summed E-state index contributed by atoms with van der Waals surface area (Å²) in [6.07, 6.45) is 1.86. The van der Waals surface area contributed by atoms with Gasteiger partial charge in [-0.1, -0.05) is 6.92 Å². The van der Waals surface area contributed by atoms with Gasteiger partial charge < -0.3 is 11.1 Å². The summed E-state index contributed by atoms with van der Waals surface area (Å²) < 4.78 is 0. The van der Waals surface area contributed by atoms with Gasteiger partial charge in [0.1, 0.15) is 12.1 Å². The zero-order valence-electron chi connectivity index (χ0n) is 8.90. The normalized spacial score (nSPS) is 10.3. The van der Waals surface area contributed by atoms with E-state index in [-0.39, 0.29) is 5.91 Å². The molecule has 5 heteroatoms. The molecule has 2 rings (SSSR count). The third-order valence-corrected chi connectivity index (χ3v) is 2.27. The van der Waals surface area contributed by atoms with Crippen molar-refractivity contribution in [3.05, 3.63) is 24.5 Å². The van der Waals surface area contributed by atoms with Crippen LogP contribution in [0.15, 0.2) is 24.5 Å². The van der Waals surface area contributed by atoms with Gasteiger partial charge in [0.05, 0.1) is 5.52 Å². The Morgan fingerprint density at radius 1 is 1.44 bits per heavy atom. The van der Waals surface area contributed by atoms with E-state index in [1.807, 2.05) is 0 Å². The molecule has 5 nitrogen and oxygen atoms in total. The van der Waals surface area contributed by atoms with Gasteiger partial charge in [-0.25, -0.2) is 9.97 Å². The molecule has 0 fully saturated rings. The minimum Gasteiger partial charge on any atom is -0.383 e. The third kappa shape index (κ3) is 1.93. The SMILES string of the molecule is CCC(=O)Nc1ccc2ncnc(N)c2c1. The molecule has 16 heavy (non-hydrogen) atoms. The second kappa shape index (κ2) is 4.14. The van der Waals surface area contributed by atoms with E-state index in [9.17, 15) is 4.79 Å². The van der Waals surface area contributed by atoms with Crippen molar-refractivity contribution in [2.45, 2.75) is 13.3 Å². The smallest absolute Gasteiger partial charge is 0.224 e. The molecule has 0 spiro atoms. The summed E-state index contributed by atoms with van der Waals surface area (Å²) >= 11 is 0. The lowest BCUT2D eigenvalue weighted by Gasteiger charge is -2.05. The fraction of sp³-hybridized carbons (Fsp3) is 0.182. The number of benzene rings is 1. The molecule has 1 heterocycles. The lowest BCUT2D eigenvalue weighted by molar-refractivity contribution is -0.115. The van der Waals surface area contributed by atoms with Gasteiger partial charge in [-0.2, -0.15) is 0 Å². The lowest BCUT2D eigenvalue weighted by atomic mass is 10.2. The average molecular weight is 216 g/mol. The minimum atomic E-state index is -0.0326. The molecule has 0 radical (unpaired) electrons. The van der Waals surface area contributed by atoms with Crippen LogP contribution < -0.4 is 11.1 Å². The first kappa shape index (κ1) is 10.4. The van der Waals surface area contributed by atoms with Crippen LogP contribution in [0.3, 0.4) is 0 Å². The summed E-state index contributed by atoms with van der Waals surface area (Å²) in [6, 6.07) is 5.37. The second-order valence-corrected chi connectivity index (χ2v) is 3.39. The molecule has 1 aromatic carbocycles. The molecule has 3 N–H and O–H groups in total. The number of carbonyl (C=O) groups excluding carboxylic acids is 1. The van der Waals surface area contributed by atoms with Crippen molar-refractivity contribution in [1.29, 1.82) is 0 Å². The van der Waals surface area contributed by atoms with Crippen LogP contribution in [0.1, 0.15) is 13.3 Å².